The minimum absolute atomic E-state index is 0.373. The van der Waals surface area contributed by atoms with E-state index in [1.807, 2.05) is 0 Å². The van der Waals surface area contributed by atoms with Crippen LogP contribution >= 0.6 is 0 Å². The van der Waals surface area contributed by atoms with Gasteiger partial charge >= 0.3 is 5.69 Å². The fraction of sp³-hybridized carbons (Fsp3) is 0.500. The Labute approximate surface area is 105 Å². The predicted octanol–water partition coefficient (Wildman–Crippen LogP) is 2.59. The van der Waals surface area contributed by atoms with Crippen LogP contribution in [0.2, 0.25) is 0 Å². The molecule has 0 amide bonds. The summed E-state index contributed by atoms with van der Waals surface area (Å²) in [5, 5.41) is 29.5. The standard InChI is InChI=1S/C12H18N2O4/c1-2-3-4-5-9(13)8-6-10(14(17)18)12(16)11(15)7-8/h6-7,9,15-16H,2-5,13H2,1H3/t9-/m0/s1. The molecular formula is C12H18N2O4. The Morgan fingerprint density at radius 1 is 1.39 bits per heavy atom. The number of hydrogen-bond acceptors (Lipinski definition) is 5. The van der Waals surface area contributed by atoms with Crippen LogP contribution in [0.4, 0.5) is 5.69 Å². The molecule has 0 fully saturated rings. The number of rotatable bonds is 6. The first-order valence-corrected chi connectivity index (χ1v) is 5.93. The van der Waals surface area contributed by atoms with Crippen molar-refractivity contribution in [3.8, 4) is 11.5 Å². The second kappa shape index (κ2) is 6.20. The Hall–Kier alpha value is -1.82. The summed E-state index contributed by atoms with van der Waals surface area (Å²) in [4.78, 5) is 9.96. The van der Waals surface area contributed by atoms with Crippen molar-refractivity contribution in [2.75, 3.05) is 0 Å². The molecular weight excluding hydrogens is 236 g/mol. The lowest BCUT2D eigenvalue weighted by Crippen LogP contribution is -2.10. The normalized spacial score (nSPS) is 12.3. The molecule has 0 bridgehead atoms. The third-order valence-electron chi connectivity index (χ3n) is 2.84. The van der Waals surface area contributed by atoms with Crippen molar-refractivity contribution in [2.24, 2.45) is 5.73 Å². The average molecular weight is 254 g/mol. The van der Waals surface area contributed by atoms with Crippen molar-refractivity contribution in [2.45, 2.75) is 38.6 Å². The third kappa shape index (κ3) is 3.33. The number of phenolic OH excluding ortho intramolecular Hbond substituents is 2. The van der Waals surface area contributed by atoms with Crippen LogP contribution in [0, 0.1) is 10.1 Å². The number of hydrogen-bond donors (Lipinski definition) is 3. The molecule has 0 spiro atoms. The number of benzene rings is 1. The van der Waals surface area contributed by atoms with E-state index in [9.17, 15) is 20.3 Å². The summed E-state index contributed by atoms with van der Waals surface area (Å²) in [6.45, 7) is 2.07. The quantitative estimate of drug-likeness (QED) is 0.313. The molecule has 4 N–H and O–H groups in total. The highest BCUT2D eigenvalue weighted by Gasteiger charge is 2.20. The maximum Gasteiger partial charge on any atom is 0.314 e. The topological polar surface area (TPSA) is 110 Å². The maximum absolute atomic E-state index is 10.7. The molecule has 1 aromatic rings. The molecule has 1 aromatic carbocycles. The van der Waals surface area contributed by atoms with Gasteiger partial charge in [0.1, 0.15) is 0 Å². The van der Waals surface area contributed by atoms with E-state index < -0.39 is 22.1 Å². The second-order valence-electron chi connectivity index (χ2n) is 4.27. The molecule has 0 saturated carbocycles. The van der Waals surface area contributed by atoms with E-state index in [1.165, 1.54) is 12.1 Å². The van der Waals surface area contributed by atoms with Gasteiger partial charge in [-0.3, -0.25) is 10.1 Å². The number of unbranched alkanes of at least 4 members (excludes halogenated alkanes) is 2. The van der Waals surface area contributed by atoms with Gasteiger partial charge in [0, 0.05) is 12.1 Å². The molecule has 6 heteroatoms. The molecule has 18 heavy (non-hydrogen) atoms. The molecule has 0 aliphatic carbocycles. The van der Waals surface area contributed by atoms with E-state index >= 15 is 0 Å². The van der Waals surface area contributed by atoms with Gasteiger partial charge in [-0.1, -0.05) is 26.2 Å². The number of nitro groups is 1. The largest absolute Gasteiger partial charge is 0.504 e. The third-order valence-corrected chi connectivity index (χ3v) is 2.84. The zero-order valence-corrected chi connectivity index (χ0v) is 10.3. The number of nitrogens with zero attached hydrogens (tertiary/aromatic N) is 1. The van der Waals surface area contributed by atoms with Gasteiger partial charge in [-0.15, -0.1) is 0 Å². The monoisotopic (exact) mass is 254 g/mol. The SMILES string of the molecule is CCCCC[C@H](N)c1cc(O)c(O)c([N+](=O)[O-])c1. The summed E-state index contributed by atoms with van der Waals surface area (Å²) in [6, 6.07) is 2.12. The zero-order chi connectivity index (χ0) is 13.7. The van der Waals surface area contributed by atoms with Gasteiger partial charge in [0.15, 0.2) is 5.75 Å². The lowest BCUT2D eigenvalue weighted by Gasteiger charge is -2.12. The van der Waals surface area contributed by atoms with Gasteiger partial charge in [0.2, 0.25) is 5.75 Å². The van der Waals surface area contributed by atoms with Crippen molar-refractivity contribution in [3.05, 3.63) is 27.8 Å². The lowest BCUT2D eigenvalue weighted by atomic mass is 10.00. The summed E-state index contributed by atoms with van der Waals surface area (Å²) < 4.78 is 0. The highest BCUT2D eigenvalue weighted by molar-refractivity contribution is 5.56. The van der Waals surface area contributed by atoms with E-state index in [1.54, 1.807) is 0 Å². The Balaban J connectivity index is 2.92. The van der Waals surface area contributed by atoms with Crippen LogP contribution in [0.25, 0.3) is 0 Å². The molecule has 1 rings (SSSR count). The molecule has 1 atom stereocenters. The molecule has 0 saturated heterocycles. The van der Waals surface area contributed by atoms with Crippen molar-refractivity contribution in [1.29, 1.82) is 0 Å². The maximum atomic E-state index is 10.7. The Morgan fingerprint density at radius 2 is 2.06 bits per heavy atom. The summed E-state index contributed by atoms with van der Waals surface area (Å²) >= 11 is 0. The van der Waals surface area contributed by atoms with Crippen molar-refractivity contribution in [1.82, 2.24) is 0 Å². The van der Waals surface area contributed by atoms with E-state index in [2.05, 4.69) is 6.92 Å². The van der Waals surface area contributed by atoms with Crippen LogP contribution in [-0.2, 0) is 0 Å². The number of nitro benzene ring substituents is 1. The Morgan fingerprint density at radius 3 is 2.61 bits per heavy atom. The number of phenols is 2. The predicted molar refractivity (Wildman–Crippen MR) is 67.5 cm³/mol. The van der Waals surface area contributed by atoms with E-state index in [-0.39, 0.29) is 6.04 Å². The minimum atomic E-state index is -0.739. The minimum Gasteiger partial charge on any atom is -0.504 e. The van der Waals surface area contributed by atoms with Gasteiger partial charge < -0.3 is 15.9 Å². The molecule has 0 aromatic heterocycles. The van der Waals surface area contributed by atoms with Crippen molar-refractivity contribution in [3.63, 3.8) is 0 Å². The highest BCUT2D eigenvalue weighted by atomic mass is 16.6. The number of aromatic hydroxyl groups is 2. The summed E-state index contributed by atoms with van der Waals surface area (Å²) in [5.41, 5.74) is 5.86. The van der Waals surface area contributed by atoms with Crippen LogP contribution in [-0.4, -0.2) is 15.1 Å². The van der Waals surface area contributed by atoms with Gasteiger partial charge in [0.25, 0.3) is 0 Å². The second-order valence-corrected chi connectivity index (χ2v) is 4.27. The Bertz CT molecular complexity index is 434. The molecule has 6 nitrogen and oxygen atoms in total. The molecule has 0 heterocycles. The number of nitrogens with two attached hydrogens (primary N) is 1. The summed E-state index contributed by atoms with van der Waals surface area (Å²) in [5.74, 6) is -1.23. The van der Waals surface area contributed by atoms with Crippen LogP contribution in [0.3, 0.4) is 0 Å². The molecule has 0 aliphatic rings. The summed E-state index contributed by atoms with van der Waals surface area (Å²) in [7, 11) is 0. The van der Waals surface area contributed by atoms with Crippen LogP contribution in [0.1, 0.15) is 44.2 Å². The highest BCUT2D eigenvalue weighted by Crippen LogP contribution is 2.37. The van der Waals surface area contributed by atoms with Crippen molar-refractivity contribution < 1.29 is 15.1 Å². The average Bonchev–Trinajstić information content (AvgIpc) is 2.32. The van der Waals surface area contributed by atoms with Gasteiger partial charge in [-0.2, -0.15) is 0 Å². The molecule has 0 unspecified atom stereocenters. The van der Waals surface area contributed by atoms with Gasteiger partial charge in [-0.25, -0.2) is 0 Å². The molecule has 0 radical (unpaired) electrons. The fourth-order valence-corrected chi connectivity index (χ4v) is 1.76. The molecule has 100 valence electrons. The van der Waals surface area contributed by atoms with E-state index in [0.717, 1.165) is 19.3 Å². The zero-order valence-electron chi connectivity index (χ0n) is 10.3. The van der Waals surface area contributed by atoms with E-state index in [0.29, 0.717) is 12.0 Å². The summed E-state index contributed by atoms with van der Waals surface area (Å²) in [6.07, 6.45) is 3.72. The fourth-order valence-electron chi connectivity index (χ4n) is 1.76. The van der Waals surface area contributed by atoms with Crippen molar-refractivity contribution >= 4 is 5.69 Å². The first-order valence-electron chi connectivity index (χ1n) is 5.93. The molecule has 0 aliphatic heterocycles. The van der Waals surface area contributed by atoms with Crippen LogP contribution < -0.4 is 5.73 Å². The smallest absolute Gasteiger partial charge is 0.314 e. The van der Waals surface area contributed by atoms with Gasteiger partial charge in [0.05, 0.1) is 4.92 Å². The van der Waals surface area contributed by atoms with Gasteiger partial charge in [-0.05, 0) is 18.1 Å². The van der Waals surface area contributed by atoms with E-state index in [4.69, 9.17) is 5.73 Å². The first-order chi connectivity index (χ1) is 8.47. The Kier molecular flexibility index (Phi) is 4.91. The van der Waals surface area contributed by atoms with Crippen LogP contribution in [0.5, 0.6) is 11.5 Å². The van der Waals surface area contributed by atoms with Crippen LogP contribution in [0.15, 0.2) is 12.1 Å². The first kappa shape index (κ1) is 14.2. The lowest BCUT2D eigenvalue weighted by molar-refractivity contribution is -0.386.